The summed E-state index contributed by atoms with van der Waals surface area (Å²) in [5.41, 5.74) is 3.98. The molecule has 132 valence electrons. The van der Waals surface area contributed by atoms with Crippen molar-refractivity contribution in [3.05, 3.63) is 65.2 Å². The lowest BCUT2D eigenvalue weighted by Gasteiger charge is -2.23. The van der Waals surface area contributed by atoms with Crippen molar-refractivity contribution in [1.82, 2.24) is 10.2 Å². The van der Waals surface area contributed by atoms with E-state index in [9.17, 15) is 4.79 Å². The fourth-order valence-corrected chi connectivity index (χ4v) is 3.29. The van der Waals surface area contributed by atoms with Gasteiger partial charge in [0.1, 0.15) is 12.4 Å². The quantitative estimate of drug-likeness (QED) is 0.871. The van der Waals surface area contributed by atoms with Crippen molar-refractivity contribution in [3.63, 3.8) is 0 Å². The van der Waals surface area contributed by atoms with E-state index in [2.05, 4.69) is 17.4 Å². The fourth-order valence-electron chi connectivity index (χ4n) is 3.29. The summed E-state index contributed by atoms with van der Waals surface area (Å²) in [7, 11) is 1.66. The van der Waals surface area contributed by atoms with Gasteiger partial charge in [0.15, 0.2) is 0 Å². The van der Waals surface area contributed by atoms with Gasteiger partial charge in [-0.15, -0.1) is 0 Å². The minimum atomic E-state index is -0.0853. The Morgan fingerprint density at radius 3 is 2.60 bits per heavy atom. The van der Waals surface area contributed by atoms with E-state index >= 15 is 0 Å². The third kappa shape index (κ3) is 4.75. The summed E-state index contributed by atoms with van der Waals surface area (Å²) >= 11 is 0. The molecule has 1 N–H and O–H groups in total. The molecule has 0 aromatic heterocycles. The van der Waals surface area contributed by atoms with Crippen LogP contribution in [0.2, 0.25) is 0 Å². The predicted octanol–water partition coefficient (Wildman–Crippen LogP) is 3.79. The second kappa shape index (κ2) is 8.56. The van der Waals surface area contributed by atoms with Gasteiger partial charge in [0.05, 0.1) is 6.54 Å². The van der Waals surface area contributed by atoms with Gasteiger partial charge in [-0.05, 0) is 54.5 Å². The third-order valence-electron chi connectivity index (χ3n) is 4.67. The molecule has 0 fully saturated rings. The summed E-state index contributed by atoms with van der Waals surface area (Å²) in [5.74, 6) is 0.900. The van der Waals surface area contributed by atoms with Gasteiger partial charge in [-0.3, -0.25) is 0 Å². The number of rotatable bonds is 6. The molecule has 0 saturated heterocycles. The zero-order valence-electron chi connectivity index (χ0n) is 14.8. The topological polar surface area (TPSA) is 41.6 Å². The molecule has 2 aromatic carbocycles. The molecule has 4 nitrogen and oxygen atoms in total. The SMILES string of the molecule is CNC(=O)N(CCOc1ccc2c(c1)CCCC2)Cc1ccccc1. The monoisotopic (exact) mass is 338 g/mol. The summed E-state index contributed by atoms with van der Waals surface area (Å²) < 4.78 is 5.91. The molecule has 0 heterocycles. The number of urea groups is 1. The molecule has 0 radical (unpaired) electrons. The molecule has 0 bridgehead atoms. The second-order valence-electron chi connectivity index (χ2n) is 6.45. The number of hydrogen-bond donors (Lipinski definition) is 1. The van der Waals surface area contributed by atoms with Crippen LogP contribution in [-0.4, -0.2) is 31.1 Å². The van der Waals surface area contributed by atoms with Crippen molar-refractivity contribution in [2.45, 2.75) is 32.2 Å². The van der Waals surface area contributed by atoms with E-state index in [0.717, 1.165) is 17.7 Å². The van der Waals surface area contributed by atoms with Crippen molar-refractivity contribution in [3.8, 4) is 5.75 Å². The van der Waals surface area contributed by atoms with Crippen molar-refractivity contribution >= 4 is 6.03 Å². The van der Waals surface area contributed by atoms with Gasteiger partial charge in [-0.2, -0.15) is 0 Å². The van der Waals surface area contributed by atoms with E-state index in [1.54, 1.807) is 11.9 Å². The van der Waals surface area contributed by atoms with Crippen LogP contribution < -0.4 is 10.1 Å². The van der Waals surface area contributed by atoms with Gasteiger partial charge in [0.2, 0.25) is 0 Å². The Balaban J connectivity index is 1.57. The number of hydrogen-bond acceptors (Lipinski definition) is 2. The van der Waals surface area contributed by atoms with Crippen molar-refractivity contribution in [2.24, 2.45) is 0 Å². The average molecular weight is 338 g/mol. The molecule has 0 atom stereocenters. The number of aryl methyl sites for hydroxylation is 2. The van der Waals surface area contributed by atoms with Crippen LogP contribution in [0.3, 0.4) is 0 Å². The normalized spacial score (nSPS) is 13.0. The van der Waals surface area contributed by atoms with E-state index in [4.69, 9.17) is 4.74 Å². The highest BCUT2D eigenvalue weighted by molar-refractivity contribution is 5.73. The van der Waals surface area contributed by atoms with Crippen molar-refractivity contribution < 1.29 is 9.53 Å². The third-order valence-corrected chi connectivity index (χ3v) is 4.67. The molecule has 1 aliphatic rings. The molecule has 25 heavy (non-hydrogen) atoms. The number of ether oxygens (including phenoxy) is 1. The van der Waals surface area contributed by atoms with Crippen LogP contribution >= 0.6 is 0 Å². The first-order chi connectivity index (χ1) is 12.3. The number of nitrogens with one attached hydrogen (secondary N) is 1. The Morgan fingerprint density at radius 2 is 1.84 bits per heavy atom. The first-order valence-electron chi connectivity index (χ1n) is 9.01. The molecule has 0 unspecified atom stereocenters. The Labute approximate surface area is 149 Å². The van der Waals surface area contributed by atoms with Crippen LogP contribution in [0.15, 0.2) is 48.5 Å². The second-order valence-corrected chi connectivity index (χ2v) is 6.45. The molecule has 2 aromatic rings. The van der Waals surface area contributed by atoms with Crippen LogP contribution in [0.4, 0.5) is 4.79 Å². The lowest BCUT2D eigenvalue weighted by atomic mass is 9.92. The largest absolute Gasteiger partial charge is 0.492 e. The van der Waals surface area contributed by atoms with E-state index < -0.39 is 0 Å². The van der Waals surface area contributed by atoms with Gasteiger partial charge < -0.3 is 15.0 Å². The highest BCUT2D eigenvalue weighted by Gasteiger charge is 2.13. The van der Waals surface area contributed by atoms with Crippen LogP contribution in [-0.2, 0) is 19.4 Å². The van der Waals surface area contributed by atoms with E-state index in [-0.39, 0.29) is 6.03 Å². The Hall–Kier alpha value is -2.49. The number of carbonyl (C=O) groups excluding carboxylic acids is 1. The number of fused-ring (bicyclic) bond motifs is 1. The minimum Gasteiger partial charge on any atom is -0.492 e. The summed E-state index contributed by atoms with van der Waals surface area (Å²) in [5, 5.41) is 2.71. The van der Waals surface area contributed by atoms with E-state index in [0.29, 0.717) is 19.7 Å². The smallest absolute Gasteiger partial charge is 0.317 e. The molecule has 0 saturated carbocycles. The molecule has 3 rings (SSSR count). The van der Waals surface area contributed by atoms with Crippen molar-refractivity contribution in [2.75, 3.05) is 20.2 Å². The lowest BCUT2D eigenvalue weighted by Crippen LogP contribution is -2.40. The maximum absolute atomic E-state index is 12.1. The Bertz CT molecular complexity index is 700. The van der Waals surface area contributed by atoms with Crippen LogP contribution in [0, 0.1) is 0 Å². The molecule has 1 aliphatic carbocycles. The standard InChI is InChI=1S/C21H26N2O2/c1-22-21(24)23(16-17-7-3-2-4-8-17)13-14-25-20-12-11-18-9-5-6-10-19(18)15-20/h2-4,7-8,11-12,15H,5-6,9-10,13-14,16H2,1H3,(H,22,24). The summed E-state index contributed by atoms with van der Waals surface area (Å²) in [6.45, 7) is 1.61. The maximum atomic E-state index is 12.1. The highest BCUT2D eigenvalue weighted by Crippen LogP contribution is 2.25. The first kappa shape index (κ1) is 17.3. The lowest BCUT2D eigenvalue weighted by molar-refractivity contribution is 0.181. The van der Waals surface area contributed by atoms with Crippen LogP contribution in [0.1, 0.15) is 29.5 Å². The molecule has 4 heteroatoms. The fraction of sp³-hybridized carbons (Fsp3) is 0.381. The van der Waals surface area contributed by atoms with Crippen LogP contribution in [0.5, 0.6) is 5.75 Å². The number of benzene rings is 2. The summed E-state index contributed by atoms with van der Waals surface area (Å²) in [6, 6.07) is 16.3. The number of nitrogens with zero attached hydrogens (tertiary/aromatic N) is 1. The minimum absolute atomic E-state index is 0.0853. The van der Waals surface area contributed by atoms with E-state index in [1.165, 1.54) is 30.4 Å². The summed E-state index contributed by atoms with van der Waals surface area (Å²) in [4.78, 5) is 13.9. The number of amides is 2. The molecule has 2 amide bonds. The van der Waals surface area contributed by atoms with Gasteiger partial charge in [0.25, 0.3) is 0 Å². The van der Waals surface area contributed by atoms with Gasteiger partial charge in [0, 0.05) is 13.6 Å². The van der Waals surface area contributed by atoms with Gasteiger partial charge in [-0.1, -0.05) is 36.4 Å². The van der Waals surface area contributed by atoms with Gasteiger partial charge >= 0.3 is 6.03 Å². The Kier molecular flexibility index (Phi) is 5.94. The van der Waals surface area contributed by atoms with Gasteiger partial charge in [-0.25, -0.2) is 4.79 Å². The average Bonchev–Trinajstić information content (AvgIpc) is 2.67. The maximum Gasteiger partial charge on any atom is 0.317 e. The van der Waals surface area contributed by atoms with E-state index in [1.807, 2.05) is 36.4 Å². The highest BCUT2D eigenvalue weighted by atomic mass is 16.5. The number of carbonyl (C=O) groups is 1. The zero-order chi connectivity index (χ0) is 17.5. The zero-order valence-corrected chi connectivity index (χ0v) is 14.8. The predicted molar refractivity (Wildman–Crippen MR) is 99.9 cm³/mol. The first-order valence-corrected chi connectivity index (χ1v) is 9.01. The molecule has 0 spiro atoms. The Morgan fingerprint density at radius 1 is 1.08 bits per heavy atom. The molecule has 0 aliphatic heterocycles. The van der Waals surface area contributed by atoms with Crippen molar-refractivity contribution in [1.29, 1.82) is 0 Å². The van der Waals surface area contributed by atoms with Crippen LogP contribution in [0.25, 0.3) is 0 Å². The summed E-state index contributed by atoms with van der Waals surface area (Å²) in [6.07, 6.45) is 4.87. The molecular formula is C21H26N2O2. The molecular weight excluding hydrogens is 312 g/mol.